The van der Waals surface area contributed by atoms with Gasteiger partial charge in [-0.1, -0.05) is 162 Å². The van der Waals surface area contributed by atoms with Gasteiger partial charge < -0.3 is 9.84 Å². The molecule has 0 fully saturated rings. The van der Waals surface area contributed by atoms with Gasteiger partial charge in [0.1, 0.15) is 6.10 Å². The Morgan fingerprint density at radius 3 is 1.18 bits per heavy atom. The van der Waals surface area contributed by atoms with E-state index in [0.29, 0.717) is 19.3 Å². The standard InChI is InChI=1S/C35H68O4/c1-3-5-7-9-11-13-15-17-18-20-22-24-26-29-33(30-28-31-34(36)37)39-35(38)32-27-25-23-21-19-16-14-12-10-8-6-4-2/h33H,3-32H2,1-2H3,(H,36,37). The van der Waals surface area contributed by atoms with Crippen molar-refractivity contribution in [1.82, 2.24) is 0 Å². The Balaban J connectivity index is 3.82. The predicted octanol–water partition coefficient (Wildman–Crippen LogP) is 11.7. The third-order valence-electron chi connectivity index (χ3n) is 8.08. The van der Waals surface area contributed by atoms with Crippen LogP contribution in [-0.4, -0.2) is 23.1 Å². The van der Waals surface area contributed by atoms with E-state index in [1.165, 1.54) is 141 Å². The van der Waals surface area contributed by atoms with Gasteiger partial charge in [-0.15, -0.1) is 0 Å². The fraction of sp³-hybridized carbons (Fsp3) is 0.943. The Kier molecular flexibility index (Phi) is 30.6. The van der Waals surface area contributed by atoms with Gasteiger partial charge in [0.2, 0.25) is 0 Å². The maximum Gasteiger partial charge on any atom is 0.306 e. The van der Waals surface area contributed by atoms with E-state index in [9.17, 15) is 9.59 Å². The highest BCUT2D eigenvalue weighted by Crippen LogP contribution is 2.18. The zero-order chi connectivity index (χ0) is 28.7. The lowest BCUT2D eigenvalue weighted by molar-refractivity contribution is -0.150. The molecule has 0 heterocycles. The van der Waals surface area contributed by atoms with E-state index >= 15 is 0 Å². The molecule has 0 saturated heterocycles. The summed E-state index contributed by atoms with van der Waals surface area (Å²) in [5.41, 5.74) is 0. The molecule has 0 aliphatic rings. The van der Waals surface area contributed by atoms with Crippen molar-refractivity contribution in [3.63, 3.8) is 0 Å². The second-order valence-electron chi connectivity index (χ2n) is 12.1. The molecule has 4 nitrogen and oxygen atoms in total. The second-order valence-corrected chi connectivity index (χ2v) is 12.1. The van der Waals surface area contributed by atoms with E-state index < -0.39 is 5.97 Å². The maximum absolute atomic E-state index is 12.4. The molecule has 0 aromatic rings. The minimum atomic E-state index is -0.766. The van der Waals surface area contributed by atoms with Crippen LogP contribution in [0.5, 0.6) is 0 Å². The van der Waals surface area contributed by atoms with E-state index in [1.54, 1.807) is 0 Å². The van der Waals surface area contributed by atoms with Crippen molar-refractivity contribution in [3.8, 4) is 0 Å². The van der Waals surface area contributed by atoms with Crippen LogP contribution in [0.25, 0.3) is 0 Å². The lowest BCUT2D eigenvalue weighted by atomic mass is 10.0. The molecule has 1 unspecified atom stereocenters. The molecule has 0 bridgehead atoms. The van der Waals surface area contributed by atoms with Gasteiger partial charge >= 0.3 is 11.9 Å². The Morgan fingerprint density at radius 1 is 0.462 bits per heavy atom. The SMILES string of the molecule is CCCCCCCCCCCCCCCC(CCCC(=O)O)OC(=O)CCCCCCCCCCCCCC. The highest BCUT2D eigenvalue weighted by atomic mass is 16.5. The summed E-state index contributed by atoms with van der Waals surface area (Å²) in [7, 11) is 0. The summed E-state index contributed by atoms with van der Waals surface area (Å²) in [6, 6.07) is 0. The fourth-order valence-corrected chi connectivity index (χ4v) is 5.49. The number of hydrogen-bond donors (Lipinski definition) is 1. The topological polar surface area (TPSA) is 63.6 Å². The van der Waals surface area contributed by atoms with Crippen molar-refractivity contribution in [3.05, 3.63) is 0 Å². The fourth-order valence-electron chi connectivity index (χ4n) is 5.49. The minimum absolute atomic E-state index is 0.0860. The molecule has 0 rings (SSSR count). The molecular weight excluding hydrogens is 484 g/mol. The van der Waals surface area contributed by atoms with Gasteiger partial charge in [-0.2, -0.15) is 0 Å². The van der Waals surface area contributed by atoms with E-state index in [-0.39, 0.29) is 18.5 Å². The van der Waals surface area contributed by atoms with Gasteiger partial charge in [-0.3, -0.25) is 9.59 Å². The first-order valence-electron chi connectivity index (χ1n) is 17.5. The smallest absolute Gasteiger partial charge is 0.306 e. The van der Waals surface area contributed by atoms with Gasteiger partial charge in [0.15, 0.2) is 0 Å². The lowest BCUT2D eigenvalue weighted by Gasteiger charge is -2.18. The highest BCUT2D eigenvalue weighted by molar-refractivity contribution is 5.69. The first-order chi connectivity index (χ1) is 19.1. The largest absolute Gasteiger partial charge is 0.481 e. The molecule has 232 valence electrons. The Bertz CT molecular complexity index is 519. The van der Waals surface area contributed by atoms with Gasteiger partial charge in [0.05, 0.1) is 0 Å². The molecule has 0 aliphatic carbocycles. The van der Waals surface area contributed by atoms with Crippen LogP contribution in [-0.2, 0) is 14.3 Å². The number of aliphatic carboxylic acids is 1. The Labute approximate surface area is 243 Å². The van der Waals surface area contributed by atoms with E-state index in [1.807, 2.05) is 0 Å². The normalized spacial score (nSPS) is 12.1. The number of ether oxygens (including phenoxy) is 1. The first kappa shape index (κ1) is 37.9. The summed E-state index contributed by atoms with van der Waals surface area (Å²) in [4.78, 5) is 23.3. The van der Waals surface area contributed by atoms with Crippen molar-refractivity contribution in [1.29, 1.82) is 0 Å². The van der Waals surface area contributed by atoms with Crippen molar-refractivity contribution in [2.24, 2.45) is 0 Å². The summed E-state index contributed by atoms with van der Waals surface area (Å²) in [5, 5.41) is 8.98. The van der Waals surface area contributed by atoms with Crippen molar-refractivity contribution < 1.29 is 19.4 Å². The van der Waals surface area contributed by atoms with Crippen molar-refractivity contribution in [2.45, 2.75) is 213 Å². The number of hydrogen-bond acceptors (Lipinski definition) is 3. The van der Waals surface area contributed by atoms with Crippen LogP contribution in [0.2, 0.25) is 0 Å². The number of carboxylic acid groups (broad SMARTS) is 1. The molecule has 0 saturated carbocycles. The summed E-state index contributed by atoms with van der Waals surface area (Å²) < 4.78 is 5.81. The van der Waals surface area contributed by atoms with E-state index in [4.69, 9.17) is 9.84 Å². The van der Waals surface area contributed by atoms with Crippen molar-refractivity contribution in [2.75, 3.05) is 0 Å². The van der Waals surface area contributed by atoms with Crippen LogP contribution in [0.15, 0.2) is 0 Å². The molecule has 1 atom stereocenters. The zero-order valence-electron chi connectivity index (χ0n) is 26.5. The number of carboxylic acids is 1. The van der Waals surface area contributed by atoms with Gasteiger partial charge in [0.25, 0.3) is 0 Å². The van der Waals surface area contributed by atoms with Crippen LogP contribution in [0.4, 0.5) is 0 Å². The van der Waals surface area contributed by atoms with Crippen LogP contribution in [0, 0.1) is 0 Å². The highest BCUT2D eigenvalue weighted by Gasteiger charge is 2.15. The van der Waals surface area contributed by atoms with Gasteiger partial charge in [-0.05, 0) is 32.1 Å². The third kappa shape index (κ3) is 31.3. The van der Waals surface area contributed by atoms with Crippen molar-refractivity contribution >= 4 is 11.9 Å². The summed E-state index contributed by atoms with van der Waals surface area (Å²) >= 11 is 0. The Hall–Kier alpha value is -1.06. The monoisotopic (exact) mass is 553 g/mol. The van der Waals surface area contributed by atoms with Crippen LogP contribution in [0.1, 0.15) is 206 Å². The molecule has 0 radical (unpaired) electrons. The lowest BCUT2D eigenvalue weighted by Crippen LogP contribution is -2.18. The molecule has 4 heteroatoms. The average Bonchev–Trinajstić information content (AvgIpc) is 2.91. The zero-order valence-corrected chi connectivity index (χ0v) is 26.5. The number of carbonyl (C=O) groups excluding carboxylic acids is 1. The third-order valence-corrected chi connectivity index (χ3v) is 8.08. The quantitative estimate of drug-likeness (QED) is 0.0665. The molecule has 1 N–H and O–H groups in total. The molecular formula is C35H68O4. The Morgan fingerprint density at radius 2 is 0.795 bits per heavy atom. The number of unbranched alkanes of at least 4 members (excludes halogenated alkanes) is 23. The summed E-state index contributed by atoms with van der Waals surface area (Å²) in [5.74, 6) is -0.852. The molecule has 0 aromatic carbocycles. The van der Waals surface area contributed by atoms with E-state index in [0.717, 1.165) is 25.7 Å². The minimum Gasteiger partial charge on any atom is -0.481 e. The molecule has 39 heavy (non-hydrogen) atoms. The van der Waals surface area contributed by atoms with E-state index in [2.05, 4.69) is 13.8 Å². The predicted molar refractivity (Wildman–Crippen MR) is 167 cm³/mol. The summed E-state index contributed by atoms with van der Waals surface area (Å²) in [6.07, 6.45) is 35.3. The van der Waals surface area contributed by atoms with Crippen LogP contribution < -0.4 is 0 Å². The molecule has 0 aromatic heterocycles. The molecule has 0 amide bonds. The second kappa shape index (κ2) is 31.5. The van der Waals surface area contributed by atoms with Crippen LogP contribution in [0.3, 0.4) is 0 Å². The molecule has 0 spiro atoms. The number of carbonyl (C=O) groups is 2. The summed E-state index contributed by atoms with van der Waals surface area (Å²) in [6.45, 7) is 4.54. The molecule has 0 aliphatic heterocycles. The maximum atomic E-state index is 12.4. The number of rotatable bonds is 32. The van der Waals surface area contributed by atoms with Gasteiger partial charge in [-0.25, -0.2) is 0 Å². The van der Waals surface area contributed by atoms with Crippen LogP contribution >= 0.6 is 0 Å². The number of esters is 1. The average molecular weight is 553 g/mol. The van der Waals surface area contributed by atoms with Gasteiger partial charge in [0, 0.05) is 12.8 Å². The first-order valence-corrected chi connectivity index (χ1v) is 17.5.